The Bertz CT molecular complexity index is 1640. The molecule has 2 atom stereocenters. The number of nitriles is 1. The van der Waals surface area contributed by atoms with E-state index in [1.807, 2.05) is 23.1 Å². The van der Waals surface area contributed by atoms with Gasteiger partial charge in [0.15, 0.2) is 0 Å². The van der Waals surface area contributed by atoms with Gasteiger partial charge < -0.3 is 26.2 Å². The highest BCUT2D eigenvalue weighted by Crippen LogP contribution is 2.41. The Kier molecular flexibility index (Phi) is 7.42. The summed E-state index contributed by atoms with van der Waals surface area (Å²) in [5, 5.41) is 19.8. The Morgan fingerprint density at radius 1 is 1.20 bits per heavy atom. The summed E-state index contributed by atoms with van der Waals surface area (Å²) in [7, 11) is 1.42. The van der Waals surface area contributed by atoms with E-state index in [9.17, 15) is 19.6 Å². The number of carbonyl (C=O) groups excluding carboxylic acids is 1. The summed E-state index contributed by atoms with van der Waals surface area (Å²) >= 11 is 0. The fourth-order valence-corrected chi connectivity index (χ4v) is 5.23. The lowest BCUT2D eigenvalue weighted by Gasteiger charge is -2.29. The second kappa shape index (κ2) is 11.1. The minimum atomic E-state index is -0.793. The molecule has 9 nitrogen and oxygen atoms in total. The van der Waals surface area contributed by atoms with E-state index in [0.717, 1.165) is 5.56 Å². The zero-order valence-corrected chi connectivity index (χ0v) is 21.7. The van der Waals surface area contributed by atoms with Crippen LogP contribution in [0.1, 0.15) is 22.5 Å². The molecular formula is C30H27FN6O3. The van der Waals surface area contributed by atoms with Gasteiger partial charge >= 0.3 is 0 Å². The summed E-state index contributed by atoms with van der Waals surface area (Å²) in [6.45, 7) is 0.338. The first-order chi connectivity index (χ1) is 19.4. The number of aromatic nitrogens is 2. The third-order valence-electron chi connectivity index (χ3n) is 7.09. The normalized spacial score (nSPS) is 16.5. The van der Waals surface area contributed by atoms with Crippen molar-refractivity contribution >= 4 is 11.6 Å². The third kappa shape index (κ3) is 4.84. The monoisotopic (exact) mass is 538 g/mol. The highest BCUT2D eigenvalue weighted by molar-refractivity contribution is 6.01. The average molecular weight is 539 g/mol. The molecule has 202 valence electrons. The van der Waals surface area contributed by atoms with Gasteiger partial charge in [0.25, 0.3) is 5.91 Å². The van der Waals surface area contributed by atoms with Crippen LogP contribution in [0.15, 0.2) is 67.0 Å². The Morgan fingerprint density at radius 3 is 2.73 bits per heavy atom. The Hall–Kier alpha value is -4.85. The molecule has 0 unspecified atom stereocenters. The zero-order valence-electron chi connectivity index (χ0n) is 21.7. The number of aliphatic hydroxyl groups excluding tert-OH is 1. The number of primary amides is 1. The number of hydrogen-bond acceptors (Lipinski definition) is 8. The summed E-state index contributed by atoms with van der Waals surface area (Å²) in [5.74, 6) is -1.08. The molecule has 4 aromatic rings. The number of aliphatic hydroxyl groups is 1. The van der Waals surface area contributed by atoms with Crippen LogP contribution < -0.4 is 21.1 Å². The first kappa shape index (κ1) is 26.7. The lowest BCUT2D eigenvalue weighted by Crippen LogP contribution is -2.33. The number of carbonyl (C=O) groups is 1. The van der Waals surface area contributed by atoms with Crippen LogP contribution in [-0.2, 0) is 0 Å². The van der Waals surface area contributed by atoms with Crippen molar-refractivity contribution in [1.82, 2.24) is 9.97 Å². The van der Waals surface area contributed by atoms with E-state index in [4.69, 9.17) is 16.2 Å². The van der Waals surface area contributed by atoms with E-state index >= 15 is 0 Å². The SMILES string of the molecule is COc1cccc(F)c1-c1ccc(-c2ccc(-c3cnccc3C#N)cc2N2C[C@@H](N)C[C@H]2CO)c(C(N)=O)n1. The maximum atomic E-state index is 14.8. The van der Waals surface area contributed by atoms with Crippen molar-refractivity contribution in [2.75, 3.05) is 25.2 Å². The molecule has 5 N–H and O–H groups in total. The standard InChI is InChI=1S/C30H27FN6O3/c1-40-27-4-2-3-24(31)28(27)25-8-7-22(29(36-25)30(34)39)21-6-5-17(23-14-35-10-9-18(23)13-32)11-26(21)37-15-19(33)12-20(37)16-38/h2-11,14,19-20,38H,12,15-16,33H2,1H3,(H2,34,39)/t19-,20-/m0/s1. The fourth-order valence-electron chi connectivity index (χ4n) is 5.23. The highest BCUT2D eigenvalue weighted by Gasteiger charge is 2.32. The van der Waals surface area contributed by atoms with Gasteiger partial charge in [0.05, 0.1) is 42.6 Å². The zero-order chi connectivity index (χ0) is 28.4. The molecule has 2 aromatic heterocycles. The summed E-state index contributed by atoms with van der Waals surface area (Å²) in [4.78, 5) is 23.4. The second-order valence-electron chi connectivity index (χ2n) is 9.52. The average Bonchev–Trinajstić information content (AvgIpc) is 3.36. The summed E-state index contributed by atoms with van der Waals surface area (Å²) in [6.07, 6.45) is 3.74. The molecule has 0 saturated carbocycles. The van der Waals surface area contributed by atoms with Crippen LogP contribution in [0.5, 0.6) is 5.75 Å². The van der Waals surface area contributed by atoms with Crippen molar-refractivity contribution in [3.05, 3.63) is 84.1 Å². The topological polar surface area (TPSA) is 151 Å². The number of amides is 1. The van der Waals surface area contributed by atoms with Crippen LogP contribution in [0.25, 0.3) is 33.5 Å². The second-order valence-corrected chi connectivity index (χ2v) is 9.52. The minimum Gasteiger partial charge on any atom is -0.496 e. The summed E-state index contributed by atoms with van der Waals surface area (Å²) in [5.41, 5.74) is 15.9. The number of ether oxygens (including phenoxy) is 1. The van der Waals surface area contributed by atoms with Crippen LogP contribution in [0.4, 0.5) is 10.1 Å². The molecule has 3 heterocycles. The number of methoxy groups -OCH3 is 1. The van der Waals surface area contributed by atoms with Crippen LogP contribution >= 0.6 is 0 Å². The molecule has 0 radical (unpaired) electrons. The van der Waals surface area contributed by atoms with Gasteiger partial charge in [-0.25, -0.2) is 9.37 Å². The number of rotatable bonds is 7. The smallest absolute Gasteiger partial charge is 0.267 e. The van der Waals surface area contributed by atoms with Crippen LogP contribution in [0.3, 0.4) is 0 Å². The Labute approximate surface area is 230 Å². The lowest BCUT2D eigenvalue weighted by atomic mass is 9.94. The molecule has 0 aliphatic carbocycles. The molecule has 5 rings (SSSR count). The molecule has 40 heavy (non-hydrogen) atoms. The number of halogens is 1. The third-order valence-corrected chi connectivity index (χ3v) is 7.09. The first-order valence-electron chi connectivity index (χ1n) is 12.6. The number of anilines is 1. The summed E-state index contributed by atoms with van der Waals surface area (Å²) < 4.78 is 20.2. The van der Waals surface area contributed by atoms with Crippen molar-refractivity contribution in [3.63, 3.8) is 0 Å². The largest absolute Gasteiger partial charge is 0.496 e. The van der Waals surface area contributed by atoms with E-state index < -0.39 is 11.7 Å². The number of benzene rings is 2. The van der Waals surface area contributed by atoms with Gasteiger partial charge in [-0.15, -0.1) is 0 Å². The fraction of sp³-hybridized carbons (Fsp3) is 0.200. The maximum absolute atomic E-state index is 14.8. The van der Waals surface area contributed by atoms with Gasteiger partial charge in [-0.2, -0.15) is 5.26 Å². The van der Waals surface area contributed by atoms with E-state index in [1.54, 1.807) is 36.7 Å². The Balaban J connectivity index is 1.72. The molecule has 1 aliphatic rings. The van der Waals surface area contributed by atoms with Crippen LogP contribution in [0, 0.1) is 17.1 Å². The van der Waals surface area contributed by atoms with Crippen LogP contribution in [-0.4, -0.2) is 53.3 Å². The minimum absolute atomic E-state index is 0.0556. The number of hydrogen-bond donors (Lipinski definition) is 3. The van der Waals surface area contributed by atoms with Gasteiger partial charge in [0.2, 0.25) is 0 Å². The van der Waals surface area contributed by atoms with E-state index in [-0.39, 0.29) is 41.4 Å². The van der Waals surface area contributed by atoms with Crippen LogP contribution in [0.2, 0.25) is 0 Å². The maximum Gasteiger partial charge on any atom is 0.267 e. The molecule has 0 spiro atoms. The molecule has 1 amide bonds. The van der Waals surface area contributed by atoms with Gasteiger partial charge in [-0.05, 0) is 48.4 Å². The summed E-state index contributed by atoms with van der Waals surface area (Å²) in [6, 6.07) is 16.6. The van der Waals surface area contributed by atoms with Crippen molar-refractivity contribution in [1.29, 1.82) is 5.26 Å². The predicted octanol–water partition coefficient (Wildman–Crippen LogP) is 3.49. The van der Waals surface area contributed by atoms with Gasteiger partial charge in [-0.3, -0.25) is 9.78 Å². The number of pyridine rings is 2. The molecule has 1 fully saturated rings. The molecule has 0 bridgehead atoms. The highest BCUT2D eigenvalue weighted by atomic mass is 19.1. The number of nitrogens with zero attached hydrogens (tertiary/aromatic N) is 4. The number of nitrogens with two attached hydrogens (primary N) is 2. The molecular weight excluding hydrogens is 511 g/mol. The van der Waals surface area contributed by atoms with Crippen molar-refractivity contribution in [3.8, 4) is 45.3 Å². The molecule has 1 saturated heterocycles. The van der Waals surface area contributed by atoms with Crippen molar-refractivity contribution in [2.45, 2.75) is 18.5 Å². The van der Waals surface area contributed by atoms with Gasteiger partial charge in [-0.1, -0.05) is 18.2 Å². The molecule has 2 aromatic carbocycles. The van der Waals surface area contributed by atoms with Crippen molar-refractivity contribution < 1.29 is 19.0 Å². The van der Waals surface area contributed by atoms with E-state index in [1.165, 1.54) is 19.2 Å². The van der Waals surface area contributed by atoms with Gasteiger partial charge in [0, 0.05) is 47.4 Å². The van der Waals surface area contributed by atoms with Gasteiger partial charge in [0.1, 0.15) is 17.3 Å². The molecule has 1 aliphatic heterocycles. The first-order valence-corrected chi connectivity index (χ1v) is 12.6. The Morgan fingerprint density at radius 2 is 2.00 bits per heavy atom. The van der Waals surface area contributed by atoms with E-state index in [2.05, 4.69) is 16.0 Å². The van der Waals surface area contributed by atoms with Crippen molar-refractivity contribution in [2.24, 2.45) is 11.5 Å². The molecule has 10 heteroatoms. The van der Waals surface area contributed by atoms with E-state index in [0.29, 0.717) is 40.9 Å². The quantitative estimate of drug-likeness (QED) is 0.323. The predicted molar refractivity (Wildman–Crippen MR) is 149 cm³/mol. The lowest BCUT2D eigenvalue weighted by molar-refractivity contribution is 0.0996.